The Balaban J connectivity index is 1.34. The van der Waals surface area contributed by atoms with Crippen LogP contribution in [0, 0.1) is 23.4 Å². The minimum absolute atomic E-state index is 0.0171. The molecule has 0 bridgehead atoms. The quantitative estimate of drug-likeness (QED) is 0.287. The van der Waals surface area contributed by atoms with Crippen LogP contribution in [0.25, 0.3) is 11.3 Å². The Bertz CT molecular complexity index is 1530. The summed E-state index contributed by atoms with van der Waals surface area (Å²) in [6.45, 7) is 5.74. The van der Waals surface area contributed by atoms with Crippen LogP contribution in [0.2, 0.25) is 0 Å². The molecule has 1 aromatic carbocycles. The van der Waals surface area contributed by atoms with Gasteiger partial charge in [-0.05, 0) is 68.7 Å². The lowest BCUT2D eigenvalue weighted by molar-refractivity contribution is -0.141. The number of benzene rings is 1. The molecule has 5 rings (SSSR count). The van der Waals surface area contributed by atoms with E-state index in [0.717, 1.165) is 36.2 Å². The highest BCUT2D eigenvalue weighted by Gasteiger charge is 2.33. The molecule has 0 spiro atoms. The number of anilines is 1. The molecule has 4 atom stereocenters. The minimum Gasteiger partial charge on any atom is -0.491 e. The maximum absolute atomic E-state index is 15.1. The molecule has 2 aliphatic rings. The highest BCUT2D eigenvalue weighted by Crippen LogP contribution is 2.39. The fourth-order valence-electron chi connectivity index (χ4n) is 5.84. The van der Waals surface area contributed by atoms with Gasteiger partial charge in [-0.1, -0.05) is 6.92 Å². The van der Waals surface area contributed by atoms with Crippen LogP contribution < -0.4 is 15.4 Å². The van der Waals surface area contributed by atoms with Crippen molar-refractivity contribution >= 4 is 17.7 Å². The van der Waals surface area contributed by atoms with Crippen LogP contribution in [0.1, 0.15) is 62.0 Å². The molecule has 10 nitrogen and oxygen atoms in total. The summed E-state index contributed by atoms with van der Waals surface area (Å²) in [4.78, 5) is 32.6. The lowest BCUT2D eigenvalue weighted by Crippen LogP contribution is -2.39. The smallest absolute Gasteiger partial charge is 0.404 e. The van der Waals surface area contributed by atoms with Crippen molar-refractivity contribution in [3.8, 4) is 17.0 Å². The predicted molar refractivity (Wildman–Crippen MR) is 153 cm³/mol. The van der Waals surface area contributed by atoms with E-state index < -0.39 is 52.6 Å². The molecule has 3 aromatic rings. The molecule has 1 aliphatic heterocycles. The highest BCUT2D eigenvalue weighted by molar-refractivity contribution is 6.03. The summed E-state index contributed by atoms with van der Waals surface area (Å²) in [5.41, 5.74) is -0.578. The van der Waals surface area contributed by atoms with Crippen LogP contribution >= 0.6 is 0 Å². The molecule has 0 radical (unpaired) electrons. The molecule has 1 aliphatic carbocycles. The van der Waals surface area contributed by atoms with E-state index >= 15 is 8.78 Å². The fraction of sp³-hybridized carbons (Fsp3) is 0.419. The fourth-order valence-corrected chi connectivity index (χ4v) is 5.84. The minimum atomic E-state index is -1.13. The van der Waals surface area contributed by atoms with Gasteiger partial charge in [-0.3, -0.25) is 9.78 Å². The summed E-state index contributed by atoms with van der Waals surface area (Å²) in [6.07, 6.45) is 3.49. The maximum atomic E-state index is 15.1. The first-order valence-corrected chi connectivity index (χ1v) is 14.2. The second-order valence-corrected chi connectivity index (χ2v) is 11.6. The highest BCUT2D eigenvalue weighted by atomic mass is 19.1. The first-order chi connectivity index (χ1) is 20.9. The molecule has 44 heavy (non-hydrogen) atoms. The first kappa shape index (κ1) is 31.2. The number of ether oxygens (including phenoxy) is 3. The summed E-state index contributed by atoms with van der Waals surface area (Å²) in [5.74, 6) is -4.79. The molecule has 2 fully saturated rings. The second kappa shape index (κ2) is 12.8. The van der Waals surface area contributed by atoms with E-state index in [1.807, 2.05) is 6.92 Å². The number of rotatable bonds is 8. The number of hydrogen-bond donors (Lipinski definition) is 3. The standard InChI is InChI=1S/C31H33F3N4O6/c1-16-8-17(10-18(9-16)36-30(40)41)21-6-7-35-13-26(21)38-29(39)25-5-4-22(32)28(37-25)27-23(33)11-19(12-24(27)34)42-14-20-15-43-31(2,3)44-20/h4-7,11-13,16-18,20,36H,8-10,14-15H2,1-3H3,(H,38,39)(H,40,41)/t16-,17+,18-,20+/m0/s1. The van der Waals surface area contributed by atoms with Crippen molar-refractivity contribution in [3.05, 3.63) is 71.4 Å². The number of amides is 2. The number of nitrogens with zero attached hydrogens (tertiary/aromatic N) is 2. The Morgan fingerprint density at radius 1 is 1.09 bits per heavy atom. The number of nitrogens with one attached hydrogen (secondary N) is 2. The zero-order valence-corrected chi connectivity index (χ0v) is 24.4. The molecule has 2 aromatic heterocycles. The van der Waals surface area contributed by atoms with Gasteiger partial charge in [-0.15, -0.1) is 0 Å². The van der Waals surface area contributed by atoms with Gasteiger partial charge in [0.05, 0.1) is 24.1 Å². The molecule has 1 saturated carbocycles. The third kappa shape index (κ3) is 7.28. The number of carboxylic acid groups (broad SMARTS) is 1. The van der Waals surface area contributed by atoms with Gasteiger partial charge in [0.15, 0.2) is 5.79 Å². The van der Waals surface area contributed by atoms with E-state index in [4.69, 9.17) is 14.2 Å². The van der Waals surface area contributed by atoms with Gasteiger partial charge in [-0.2, -0.15) is 0 Å². The second-order valence-electron chi connectivity index (χ2n) is 11.6. The van der Waals surface area contributed by atoms with E-state index in [1.54, 1.807) is 26.1 Å². The molecule has 234 valence electrons. The topological polar surface area (TPSA) is 132 Å². The van der Waals surface area contributed by atoms with Crippen molar-refractivity contribution in [1.29, 1.82) is 0 Å². The summed E-state index contributed by atoms with van der Waals surface area (Å²) >= 11 is 0. The van der Waals surface area contributed by atoms with Crippen molar-refractivity contribution in [2.24, 2.45) is 5.92 Å². The van der Waals surface area contributed by atoms with Gasteiger partial charge in [0.25, 0.3) is 5.91 Å². The van der Waals surface area contributed by atoms with Gasteiger partial charge in [0.1, 0.15) is 47.3 Å². The molecule has 2 amide bonds. The lowest BCUT2D eigenvalue weighted by Gasteiger charge is -2.34. The maximum Gasteiger partial charge on any atom is 0.404 e. The first-order valence-electron chi connectivity index (χ1n) is 14.2. The molecule has 0 unspecified atom stereocenters. The molecule has 1 saturated heterocycles. The molecule has 13 heteroatoms. The lowest BCUT2D eigenvalue weighted by atomic mass is 9.76. The summed E-state index contributed by atoms with van der Waals surface area (Å²) < 4.78 is 61.7. The summed E-state index contributed by atoms with van der Waals surface area (Å²) in [6, 6.07) is 5.34. The average Bonchev–Trinajstić information content (AvgIpc) is 3.30. The number of carbonyl (C=O) groups excluding carboxylic acids is 1. The molecule has 3 N–H and O–H groups in total. The van der Waals surface area contributed by atoms with Crippen LogP contribution in [0.3, 0.4) is 0 Å². The number of halogens is 3. The molecular weight excluding hydrogens is 581 g/mol. The zero-order valence-electron chi connectivity index (χ0n) is 24.4. The van der Waals surface area contributed by atoms with Gasteiger partial charge in [-0.25, -0.2) is 22.9 Å². The number of aromatic nitrogens is 2. The van der Waals surface area contributed by atoms with Crippen LogP contribution in [0.4, 0.5) is 23.7 Å². The Morgan fingerprint density at radius 3 is 2.52 bits per heavy atom. The third-order valence-electron chi connectivity index (χ3n) is 7.65. The number of pyridine rings is 2. The normalized spacial score (nSPS) is 22.8. The Kier molecular flexibility index (Phi) is 9.07. The van der Waals surface area contributed by atoms with Crippen LogP contribution in [-0.2, 0) is 9.47 Å². The van der Waals surface area contributed by atoms with Gasteiger partial charge in [0, 0.05) is 24.4 Å². The molecule has 3 heterocycles. The van der Waals surface area contributed by atoms with Crippen LogP contribution in [0.5, 0.6) is 5.75 Å². The van der Waals surface area contributed by atoms with Crippen molar-refractivity contribution in [1.82, 2.24) is 15.3 Å². The summed E-state index contributed by atoms with van der Waals surface area (Å²) in [7, 11) is 0. The van der Waals surface area contributed by atoms with Crippen molar-refractivity contribution in [2.75, 3.05) is 18.5 Å². The van der Waals surface area contributed by atoms with E-state index in [-0.39, 0.29) is 42.5 Å². The number of carbonyl (C=O) groups is 2. The Morgan fingerprint density at radius 2 is 1.84 bits per heavy atom. The average molecular weight is 615 g/mol. The Hall–Kier alpha value is -4.23. The van der Waals surface area contributed by atoms with E-state index in [0.29, 0.717) is 18.5 Å². The zero-order chi connectivity index (χ0) is 31.6. The number of hydrogen-bond acceptors (Lipinski definition) is 7. The van der Waals surface area contributed by atoms with Crippen molar-refractivity contribution < 1.29 is 42.1 Å². The van der Waals surface area contributed by atoms with Gasteiger partial charge < -0.3 is 30.0 Å². The van der Waals surface area contributed by atoms with Crippen LogP contribution in [-0.4, -0.2) is 58.2 Å². The van der Waals surface area contributed by atoms with Crippen LogP contribution in [0.15, 0.2) is 42.7 Å². The summed E-state index contributed by atoms with van der Waals surface area (Å²) in [5, 5.41) is 14.5. The van der Waals surface area contributed by atoms with Crippen molar-refractivity contribution in [2.45, 2.75) is 63.9 Å². The van der Waals surface area contributed by atoms with E-state index in [2.05, 4.69) is 20.6 Å². The van der Waals surface area contributed by atoms with Gasteiger partial charge in [0.2, 0.25) is 0 Å². The molecular formula is C31H33F3N4O6. The SMILES string of the molecule is C[C@@H]1C[C@H](NC(=O)O)C[C@H](c2ccncc2NC(=O)c2ccc(F)c(-c3c(F)cc(OC[C@@H]4COC(C)(C)O4)cc3F)n2)C1. The monoisotopic (exact) mass is 614 g/mol. The largest absolute Gasteiger partial charge is 0.491 e. The van der Waals surface area contributed by atoms with Gasteiger partial charge >= 0.3 is 6.09 Å². The van der Waals surface area contributed by atoms with Crippen molar-refractivity contribution in [3.63, 3.8) is 0 Å². The predicted octanol–water partition coefficient (Wildman–Crippen LogP) is 5.88. The Labute approximate surface area is 252 Å². The van der Waals surface area contributed by atoms with E-state index in [1.165, 1.54) is 6.20 Å². The van der Waals surface area contributed by atoms with E-state index in [9.17, 15) is 19.1 Å². The third-order valence-corrected chi connectivity index (χ3v) is 7.65.